The second-order valence-electron chi connectivity index (χ2n) is 8.68. The summed E-state index contributed by atoms with van der Waals surface area (Å²) in [6, 6.07) is 7.77. The average Bonchev–Trinajstić information content (AvgIpc) is 3.40. The van der Waals surface area contributed by atoms with Crippen molar-refractivity contribution in [2.75, 3.05) is 18.8 Å². The molecule has 0 saturated carbocycles. The summed E-state index contributed by atoms with van der Waals surface area (Å²) in [5.74, 6) is -0.798. The van der Waals surface area contributed by atoms with Crippen LogP contribution >= 0.6 is 0 Å². The molecule has 6 nitrogen and oxygen atoms in total. The molecule has 1 fully saturated rings. The number of amides is 1. The van der Waals surface area contributed by atoms with Gasteiger partial charge < -0.3 is 10.6 Å². The predicted molar refractivity (Wildman–Crippen MR) is 120 cm³/mol. The number of hydrogen-bond acceptors (Lipinski definition) is 4. The predicted octanol–water partition coefficient (Wildman–Crippen LogP) is 4.57. The number of nitrogens with two attached hydrogens (primary N) is 1. The van der Waals surface area contributed by atoms with Gasteiger partial charge in [-0.25, -0.2) is 9.37 Å². The Kier molecular flexibility index (Phi) is 5.18. The molecule has 0 bridgehead atoms. The number of carbonyl (C=O) groups excluding carboxylic acids is 1. The first-order valence-corrected chi connectivity index (χ1v) is 10.8. The van der Waals surface area contributed by atoms with E-state index in [0.717, 1.165) is 17.7 Å². The van der Waals surface area contributed by atoms with Gasteiger partial charge in [-0.3, -0.25) is 9.48 Å². The molecule has 0 radical (unpaired) electrons. The highest BCUT2D eigenvalue weighted by Gasteiger charge is 2.31. The Morgan fingerprint density at radius 2 is 1.91 bits per heavy atom. The van der Waals surface area contributed by atoms with Crippen LogP contribution in [0.4, 0.5) is 23.4 Å². The van der Waals surface area contributed by atoms with Gasteiger partial charge >= 0.3 is 6.18 Å². The molecule has 34 heavy (non-hydrogen) atoms. The maximum atomic E-state index is 14.9. The summed E-state index contributed by atoms with van der Waals surface area (Å²) in [6.07, 6.45) is -1.57. The van der Waals surface area contributed by atoms with Gasteiger partial charge in [0.05, 0.1) is 33.7 Å². The topological polar surface area (TPSA) is 77.0 Å². The van der Waals surface area contributed by atoms with Gasteiger partial charge in [0.15, 0.2) is 0 Å². The number of carbonyl (C=O) groups is 1. The fourth-order valence-electron chi connectivity index (χ4n) is 4.66. The van der Waals surface area contributed by atoms with E-state index in [0.29, 0.717) is 47.7 Å². The van der Waals surface area contributed by atoms with Gasteiger partial charge in [-0.1, -0.05) is 12.1 Å². The van der Waals surface area contributed by atoms with E-state index in [4.69, 9.17) is 5.73 Å². The highest BCUT2D eigenvalue weighted by Crippen LogP contribution is 2.32. The molecular formula is C24H21F4N5O. The van der Waals surface area contributed by atoms with Crippen LogP contribution < -0.4 is 5.73 Å². The van der Waals surface area contributed by atoms with Crippen LogP contribution in [0.3, 0.4) is 0 Å². The van der Waals surface area contributed by atoms with Gasteiger partial charge in [-0.05, 0) is 42.5 Å². The highest BCUT2D eigenvalue weighted by atomic mass is 19.4. The fraction of sp³-hybridized carbons (Fsp3) is 0.292. The summed E-state index contributed by atoms with van der Waals surface area (Å²) >= 11 is 0. The minimum atomic E-state index is -4.37. The molecule has 1 atom stereocenters. The van der Waals surface area contributed by atoms with Crippen molar-refractivity contribution in [3.63, 3.8) is 0 Å². The lowest BCUT2D eigenvalue weighted by molar-refractivity contribution is -0.137. The Balaban J connectivity index is 1.37. The van der Waals surface area contributed by atoms with Crippen molar-refractivity contribution in [1.82, 2.24) is 19.7 Å². The van der Waals surface area contributed by atoms with Crippen LogP contribution in [0.1, 0.15) is 27.9 Å². The third kappa shape index (κ3) is 3.82. The number of hydrogen-bond donors (Lipinski definition) is 1. The quantitative estimate of drug-likeness (QED) is 0.444. The second-order valence-corrected chi connectivity index (χ2v) is 8.68. The fourth-order valence-corrected chi connectivity index (χ4v) is 4.66. The van der Waals surface area contributed by atoms with Crippen LogP contribution in [0.15, 0.2) is 42.6 Å². The number of anilines is 1. The van der Waals surface area contributed by atoms with Crippen molar-refractivity contribution in [3.05, 3.63) is 65.1 Å². The van der Waals surface area contributed by atoms with Crippen molar-refractivity contribution in [3.8, 4) is 0 Å². The number of aromatic nitrogens is 3. The zero-order chi connectivity index (χ0) is 24.2. The summed E-state index contributed by atoms with van der Waals surface area (Å²) in [4.78, 5) is 19.0. The summed E-state index contributed by atoms with van der Waals surface area (Å²) in [5, 5.41) is 5.40. The zero-order valence-corrected chi connectivity index (χ0v) is 18.2. The zero-order valence-electron chi connectivity index (χ0n) is 18.2. The van der Waals surface area contributed by atoms with Crippen molar-refractivity contribution >= 4 is 33.5 Å². The minimum Gasteiger partial charge on any atom is -0.383 e. The van der Waals surface area contributed by atoms with Crippen molar-refractivity contribution in [1.29, 1.82) is 0 Å². The molecule has 3 heterocycles. The van der Waals surface area contributed by atoms with Crippen LogP contribution in [0.25, 0.3) is 21.8 Å². The monoisotopic (exact) mass is 471 g/mol. The number of fused-ring (bicyclic) bond motifs is 3. The Bertz CT molecular complexity index is 1410. The maximum Gasteiger partial charge on any atom is 0.416 e. The van der Waals surface area contributed by atoms with E-state index in [9.17, 15) is 22.4 Å². The average molecular weight is 471 g/mol. The number of halogens is 4. The van der Waals surface area contributed by atoms with Gasteiger partial charge in [-0.15, -0.1) is 0 Å². The largest absolute Gasteiger partial charge is 0.416 e. The Morgan fingerprint density at radius 1 is 1.18 bits per heavy atom. The van der Waals surface area contributed by atoms with Crippen molar-refractivity contribution < 1.29 is 22.4 Å². The number of aryl methyl sites for hydroxylation is 1. The van der Waals surface area contributed by atoms with E-state index in [1.54, 1.807) is 22.8 Å². The van der Waals surface area contributed by atoms with Crippen LogP contribution in [-0.4, -0.2) is 38.7 Å². The van der Waals surface area contributed by atoms with Crippen LogP contribution in [0, 0.1) is 11.7 Å². The Hall–Kier alpha value is -3.69. The molecule has 2 aromatic heterocycles. The van der Waals surface area contributed by atoms with E-state index in [-0.39, 0.29) is 17.3 Å². The number of nitrogens with zero attached hydrogens (tertiary/aromatic N) is 4. The summed E-state index contributed by atoms with van der Waals surface area (Å²) in [7, 11) is 1.73. The van der Waals surface area contributed by atoms with Gasteiger partial charge in [0.1, 0.15) is 11.6 Å². The third-order valence-electron chi connectivity index (χ3n) is 6.41. The van der Waals surface area contributed by atoms with E-state index in [1.165, 1.54) is 24.3 Å². The molecule has 1 aliphatic heterocycles. The van der Waals surface area contributed by atoms with Crippen LogP contribution in [-0.2, 0) is 19.6 Å². The molecule has 1 aliphatic rings. The van der Waals surface area contributed by atoms with E-state index >= 15 is 0 Å². The molecule has 5 rings (SSSR count). The maximum absolute atomic E-state index is 14.9. The number of alkyl halides is 3. The first-order valence-electron chi connectivity index (χ1n) is 10.8. The molecule has 4 aromatic rings. The molecule has 0 spiro atoms. The second kappa shape index (κ2) is 7.96. The summed E-state index contributed by atoms with van der Waals surface area (Å²) in [6.45, 7) is 0.848. The van der Waals surface area contributed by atoms with Gasteiger partial charge in [0.25, 0.3) is 5.91 Å². The normalized spacial score (nSPS) is 16.6. The van der Waals surface area contributed by atoms with Gasteiger partial charge in [0.2, 0.25) is 0 Å². The van der Waals surface area contributed by atoms with Crippen molar-refractivity contribution in [2.45, 2.75) is 19.0 Å². The van der Waals surface area contributed by atoms with E-state index < -0.39 is 23.5 Å². The molecule has 1 saturated heterocycles. The summed E-state index contributed by atoms with van der Waals surface area (Å²) in [5.41, 5.74) is 7.00. The first kappa shape index (κ1) is 22.1. The molecule has 1 amide bonds. The Morgan fingerprint density at radius 3 is 2.62 bits per heavy atom. The standard InChI is InChI=1S/C24H21F4N5O/c1-32-21-17-9-16(19(25)10-20(17)31-22(29)18(21)11-30-32)23(34)33-7-6-14(12-33)8-13-2-4-15(5-3-13)24(26,27)28/h2-5,9-11,14H,6-8,12H2,1H3,(H2,29,31)/t14-/m1/s1. The van der Waals surface area contributed by atoms with Gasteiger partial charge in [-0.2, -0.15) is 18.3 Å². The van der Waals surface area contributed by atoms with E-state index in [1.807, 2.05) is 0 Å². The number of rotatable bonds is 3. The number of likely N-dealkylation sites (tertiary alicyclic amines) is 1. The Labute approximate surface area is 192 Å². The molecule has 0 unspecified atom stereocenters. The SMILES string of the molecule is Cn1ncc2c(N)nc3cc(F)c(C(=O)N4CC[C@H](Cc5ccc(C(F)(F)F)cc5)C4)cc3c21. The highest BCUT2D eigenvalue weighted by molar-refractivity contribution is 6.10. The van der Waals surface area contributed by atoms with Crippen LogP contribution in [0.2, 0.25) is 0 Å². The molecular weight excluding hydrogens is 450 g/mol. The van der Waals surface area contributed by atoms with E-state index in [2.05, 4.69) is 10.1 Å². The van der Waals surface area contributed by atoms with Gasteiger partial charge in [0, 0.05) is 31.6 Å². The number of benzene rings is 2. The lowest BCUT2D eigenvalue weighted by Gasteiger charge is -2.18. The number of nitrogen functional groups attached to an aromatic ring is 1. The number of pyridine rings is 1. The third-order valence-corrected chi connectivity index (χ3v) is 6.41. The molecule has 176 valence electrons. The molecule has 2 aromatic carbocycles. The smallest absolute Gasteiger partial charge is 0.383 e. The van der Waals surface area contributed by atoms with Crippen molar-refractivity contribution in [2.24, 2.45) is 13.0 Å². The lowest BCUT2D eigenvalue weighted by atomic mass is 9.98. The first-order chi connectivity index (χ1) is 16.1. The molecule has 10 heteroatoms. The van der Waals surface area contributed by atoms with Crippen LogP contribution in [0.5, 0.6) is 0 Å². The minimum absolute atomic E-state index is 0.0586. The molecule has 2 N–H and O–H groups in total. The summed E-state index contributed by atoms with van der Waals surface area (Å²) < 4.78 is 54.9. The lowest BCUT2D eigenvalue weighted by Crippen LogP contribution is -2.29. The molecule has 0 aliphatic carbocycles.